The fourth-order valence-corrected chi connectivity index (χ4v) is 2.02. The Hall–Kier alpha value is -0.810. The molecule has 0 spiro atoms. The molecule has 1 rings (SSSR count). The first-order valence-corrected chi connectivity index (χ1v) is 6.99. The van der Waals surface area contributed by atoms with E-state index in [2.05, 4.69) is 16.0 Å². The van der Waals surface area contributed by atoms with Gasteiger partial charge in [-0.05, 0) is 32.2 Å². The summed E-state index contributed by atoms with van der Waals surface area (Å²) >= 11 is 0. The third-order valence-electron chi connectivity index (χ3n) is 3.09. The molecule has 1 saturated heterocycles. The average molecular weight is 292 g/mol. The summed E-state index contributed by atoms with van der Waals surface area (Å²) in [7, 11) is 0. The molecule has 1 fully saturated rings. The minimum atomic E-state index is 0. The zero-order chi connectivity index (χ0) is 13.2. The van der Waals surface area contributed by atoms with Crippen LogP contribution in [0.1, 0.15) is 45.4 Å². The van der Waals surface area contributed by atoms with E-state index in [0.717, 1.165) is 25.9 Å². The first-order valence-electron chi connectivity index (χ1n) is 6.99. The van der Waals surface area contributed by atoms with Crippen molar-refractivity contribution in [3.05, 3.63) is 0 Å². The number of rotatable bonds is 8. The fourth-order valence-electron chi connectivity index (χ4n) is 2.02. The van der Waals surface area contributed by atoms with Crippen LogP contribution in [0.3, 0.4) is 0 Å². The smallest absolute Gasteiger partial charge is 0.220 e. The van der Waals surface area contributed by atoms with Crippen molar-refractivity contribution in [2.45, 2.75) is 51.5 Å². The lowest BCUT2D eigenvalue weighted by molar-refractivity contribution is -0.122. The molecule has 112 valence electrons. The van der Waals surface area contributed by atoms with Crippen molar-refractivity contribution in [2.75, 3.05) is 19.6 Å². The van der Waals surface area contributed by atoms with Gasteiger partial charge in [-0.2, -0.15) is 0 Å². The number of hydrogen-bond donors (Lipinski definition) is 3. The Morgan fingerprint density at radius 1 is 1.21 bits per heavy atom. The maximum absolute atomic E-state index is 11.5. The highest BCUT2D eigenvalue weighted by Gasteiger charge is 2.14. The molecule has 0 bridgehead atoms. The second kappa shape index (κ2) is 11.1. The summed E-state index contributed by atoms with van der Waals surface area (Å²) in [5.74, 6) is 0.0918. The van der Waals surface area contributed by atoms with Crippen molar-refractivity contribution in [1.82, 2.24) is 16.0 Å². The van der Waals surface area contributed by atoms with E-state index < -0.39 is 0 Å². The molecule has 0 aromatic carbocycles. The Bertz CT molecular complexity index is 269. The van der Waals surface area contributed by atoms with Gasteiger partial charge in [0.05, 0.1) is 0 Å². The van der Waals surface area contributed by atoms with Gasteiger partial charge in [0.1, 0.15) is 0 Å². The standard InChI is InChI=1S/C13H25N3O2.ClH/c1-2-8-15-12(17)6-3-7-13(18)16-10-11-5-4-9-14-11;/h11,14H,2-10H2,1H3,(H,15,17)(H,16,18);1H. The molecule has 2 amide bonds. The highest BCUT2D eigenvalue weighted by atomic mass is 35.5. The molecule has 1 heterocycles. The normalized spacial score (nSPS) is 17.6. The molecule has 5 nitrogen and oxygen atoms in total. The SMILES string of the molecule is CCCNC(=O)CCCC(=O)NCC1CCCN1.Cl. The van der Waals surface area contributed by atoms with Gasteiger partial charge in [-0.15, -0.1) is 12.4 Å². The van der Waals surface area contributed by atoms with Crippen LogP contribution >= 0.6 is 12.4 Å². The van der Waals surface area contributed by atoms with Gasteiger partial charge in [-0.3, -0.25) is 9.59 Å². The molecule has 1 unspecified atom stereocenters. The van der Waals surface area contributed by atoms with Crippen LogP contribution in [-0.4, -0.2) is 37.5 Å². The third kappa shape index (κ3) is 8.83. The average Bonchev–Trinajstić information content (AvgIpc) is 2.87. The van der Waals surface area contributed by atoms with E-state index in [-0.39, 0.29) is 24.2 Å². The summed E-state index contributed by atoms with van der Waals surface area (Å²) < 4.78 is 0. The summed E-state index contributed by atoms with van der Waals surface area (Å²) in [5.41, 5.74) is 0. The van der Waals surface area contributed by atoms with Crippen LogP contribution in [0.2, 0.25) is 0 Å². The second-order valence-corrected chi connectivity index (χ2v) is 4.80. The molecule has 0 radical (unpaired) electrons. The largest absolute Gasteiger partial charge is 0.356 e. The lowest BCUT2D eigenvalue weighted by Gasteiger charge is -2.11. The summed E-state index contributed by atoms with van der Waals surface area (Å²) in [6, 6.07) is 0.432. The number of hydrogen-bond acceptors (Lipinski definition) is 3. The van der Waals surface area contributed by atoms with E-state index in [4.69, 9.17) is 0 Å². The molecule has 6 heteroatoms. The summed E-state index contributed by atoms with van der Waals surface area (Å²) in [6.45, 7) is 4.50. The molecule has 0 saturated carbocycles. The Labute approximate surface area is 121 Å². The van der Waals surface area contributed by atoms with Gasteiger partial charge in [0, 0.05) is 32.0 Å². The van der Waals surface area contributed by atoms with Crippen molar-refractivity contribution in [1.29, 1.82) is 0 Å². The quantitative estimate of drug-likeness (QED) is 0.624. The van der Waals surface area contributed by atoms with E-state index >= 15 is 0 Å². The van der Waals surface area contributed by atoms with Crippen molar-refractivity contribution >= 4 is 24.2 Å². The minimum absolute atomic E-state index is 0. The van der Waals surface area contributed by atoms with E-state index in [1.807, 2.05) is 6.92 Å². The van der Waals surface area contributed by atoms with Gasteiger partial charge >= 0.3 is 0 Å². The van der Waals surface area contributed by atoms with Crippen molar-refractivity contribution < 1.29 is 9.59 Å². The zero-order valence-corrected chi connectivity index (χ0v) is 12.5. The van der Waals surface area contributed by atoms with Gasteiger partial charge in [0.2, 0.25) is 11.8 Å². The number of carbonyl (C=O) groups excluding carboxylic acids is 2. The summed E-state index contributed by atoms with van der Waals surface area (Å²) in [6.07, 6.45) is 4.78. The predicted molar refractivity (Wildman–Crippen MR) is 78.4 cm³/mol. The van der Waals surface area contributed by atoms with Crippen molar-refractivity contribution in [3.8, 4) is 0 Å². The molecular formula is C13H26ClN3O2. The van der Waals surface area contributed by atoms with E-state index in [9.17, 15) is 9.59 Å². The van der Waals surface area contributed by atoms with E-state index in [1.54, 1.807) is 0 Å². The Morgan fingerprint density at radius 3 is 2.47 bits per heavy atom. The van der Waals surface area contributed by atoms with Crippen LogP contribution in [0.5, 0.6) is 0 Å². The molecule has 19 heavy (non-hydrogen) atoms. The van der Waals surface area contributed by atoms with Crippen molar-refractivity contribution in [3.63, 3.8) is 0 Å². The number of halogens is 1. The van der Waals surface area contributed by atoms with E-state index in [0.29, 0.717) is 31.8 Å². The molecule has 3 N–H and O–H groups in total. The number of nitrogens with one attached hydrogen (secondary N) is 3. The molecule has 0 aromatic heterocycles. The van der Waals surface area contributed by atoms with Gasteiger partial charge in [0.25, 0.3) is 0 Å². The monoisotopic (exact) mass is 291 g/mol. The number of carbonyl (C=O) groups is 2. The molecule has 0 aliphatic carbocycles. The fraction of sp³-hybridized carbons (Fsp3) is 0.846. The molecule has 1 aliphatic rings. The predicted octanol–water partition coefficient (Wildman–Crippen LogP) is 0.973. The first kappa shape index (κ1) is 18.2. The third-order valence-corrected chi connectivity index (χ3v) is 3.09. The lowest BCUT2D eigenvalue weighted by Crippen LogP contribution is -2.37. The van der Waals surface area contributed by atoms with E-state index in [1.165, 1.54) is 6.42 Å². The topological polar surface area (TPSA) is 70.2 Å². The summed E-state index contributed by atoms with van der Waals surface area (Å²) in [5, 5.41) is 9.04. The van der Waals surface area contributed by atoms with Gasteiger partial charge < -0.3 is 16.0 Å². The zero-order valence-electron chi connectivity index (χ0n) is 11.7. The highest BCUT2D eigenvalue weighted by Crippen LogP contribution is 2.03. The van der Waals surface area contributed by atoms with Crippen LogP contribution in [0, 0.1) is 0 Å². The molecule has 1 atom stereocenters. The maximum atomic E-state index is 11.5. The highest BCUT2D eigenvalue weighted by molar-refractivity contribution is 5.85. The van der Waals surface area contributed by atoms with Crippen LogP contribution in [0.15, 0.2) is 0 Å². The van der Waals surface area contributed by atoms with Crippen LogP contribution < -0.4 is 16.0 Å². The van der Waals surface area contributed by atoms with Crippen LogP contribution in [-0.2, 0) is 9.59 Å². The molecule has 1 aliphatic heterocycles. The number of amides is 2. The van der Waals surface area contributed by atoms with Gasteiger partial charge in [-0.1, -0.05) is 6.92 Å². The molecule has 0 aromatic rings. The second-order valence-electron chi connectivity index (χ2n) is 4.80. The van der Waals surface area contributed by atoms with Gasteiger partial charge in [0.15, 0.2) is 0 Å². The minimum Gasteiger partial charge on any atom is -0.356 e. The summed E-state index contributed by atoms with van der Waals surface area (Å²) in [4.78, 5) is 22.8. The lowest BCUT2D eigenvalue weighted by atomic mass is 10.2. The first-order chi connectivity index (χ1) is 8.72. The maximum Gasteiger partial charge on any atom is 0.220 e. The Balaban J connectivity index is 0.00000324. The van der Waals surface area contributed by atoms with Crippen molar-refractivity contribution in [2.24, 2.45) is 0 Å². The van der Waals surface area contributed by atoms with Gasteiger partial charge in [-0.25, -0.2) is 0 Å². The molecular weight excluding hydrogens is 266 g/mol. The Kier molecular flexibility index (Phi) is 10.6. The Morgan fingerprint density at radius 2 is 1.89 bits per heavy atom. The van der Waals surface area contributed by atoms with Crippen LogP contribution in [0.25, 0.3) is 0 Å². The van der Waals surface area contributed by atoms with Crippen LogP contribution in [0.4, 0.5) is 0 Å².